The third-order valence-corrected chi connectivity index (χ3v) is 2.14. The van der Waals surface area contributed by atoms with Crippen LogP contribution in [0, 0.1) is 0 Å². The summed E-state index contributed by atoms with van der Waals surface area (Å²) in [5.41, 5.74) is 0. The van der Waals surface area contributed by atoms with Gasteiger partial charge in [-0.2, -0.15) is 0 Å². The number of hydrogen-bond donors (Lipinski definition) is 2. The monoisotopic (exact) mass is 203 g/mol. The number of aliphatic hydroxyl groups excluding tert-OH is 1. The van der Waals surface area contributed by atoms with E-state index in [1.807, 2.05) is 0 Å². The van der Waals surface area contributed by atoms with E-state index in [0.29, 0.717) is 13.0 Å². The van der Waals surface area contributed by atoms with Gasteiger partial charge in [0, 0.05) is 6.54 Å². The molecule has 1 aliphatic heterocycles. The molecular weight excluding hydrogens is 186 g/mol. The van der Waals surface area contributed by atoms with Crippen LogP contribution in [0.1, 0.15) is 19.8 Å². The average Bonchev–Trinajstić information content (AvgIpc) is 2.33. The largest absolute Gasteiger partial charge is 0.508 e. The number of nitrogens with one attached hydrogen (secondary N) is 1. The van der Waals surface area contributed by atoms with Gasteiger partial charge in [0.2, 0.25) is 0 Å². The summed E-state index contributed by atoms with van der Waals surface area (Å²) >= 11 is 0. The second kappa shape index (κ2) is 5.82. The van der Waals surface area contributed by atoms with Crippen molar-refractivity contribution in [3.63, 3.8) is 0 Å². The van der Waals surface area contributed by atoms with Gasteiger partial charge in [0.05, 0.1) is 12.7 Å². The molecule has 0 aromatic heterocycles. The van der Waals surface area contributed by atoms with Gasteiger partial charge in [0.15, 0.2) is 0 Å². The van der Waals surface area contributed by atoms with Crippen LogP contribution in [-0.2, 0) is 9.47 Å². The van der Waals surface area contributed by atoms with Crippen molar-refractivity contribution in [2.75, 3.05) is 19.7 Å². The molecule has 0 aromatic rings. The molecule has 5 nitrogen and oxygen atoms in total. The lowest BCUT2D eigenvalue weighted by Crippen LogP contribution is -2.37. The summed E-state index contributed by atoms with van der Waals surface area (Å²) in [6.45, 7) is 3.33. The van der Waals surface area contributed by atoms with Crippen LogP contribution in [-0.4, -0.2) is 43.2 Å². The fourth-order valence-electron chi connectivity index (χ4n) is 1.40. The van der Waals surface area contributed by atoms with Crippen molar-refractivity contribution in [3.05, 3.63) is 0 Å². The number of carbonyl (C=O) groups excluding carboxylic acids is 1. The molecule has 0 bridgehead atoms. The first-order valence-corrected chi connectivity index (χ1v) is 4.96. The van der Waals surface area contributed by atoms with Crippen LogP contribution in [0.15, 0.2) is 0 Å². The lowest BCUT2D eigenvalue weighted by Gasteiger charge is -2.19. The molecule has 0 aromatic carbocycles. The first kappa shape index (κ1) is 11.3. The predicted octanol–water partition coefficient (Wildman–Crippen LogP) is 0.272. The molecule has 1 rings (SSSR count). The Morgan fingerprint density at radius 3 is 3.14 bits per heavy atom. The molecule has 0 unspecified atom stereocenters. The standard InChI is InChI=1S/C9H17NO4/c1-2-13-9(12)14-8-6-10-5-3-4-7(8)11/h7-8,10-11H,2-6H2,1H3/t7-,8-/m1/s1. The van der Waals surface area contributed by atoms with Crippen molar-refractivity contribution < 1.29 is 19.4 Å². The Morgan fingerprint density at radius 1 is 1.64 bits per heavy atom. The molecule has 1 aliphatic rings. The lowest BCUT2D eigenvalue weighted by molar-refractivity contribution is -0.0277. The summed E-state index contributed by atoms with van der Waals surface area (Å²) in [4.78, 5) is 11.0. The number of hydrogen-bond acceptors (Lipinski definition) is 5. The maximum atomic E-state index is 11.0. The van der Waals surface area contributed by atoms with E-state index < -0.39 is 18.4 Å². The highest BCUT2D eigenvalue weighted by atomic mass is 16.7. The van der Waals surface area contributed by atoms with Gasteiger partial charge in [-0.3, -0.25) is 0 Å². The molecule has 0 radical (unpaired) electrons. The Labute approximate surface area is 83.4 Å². The number of ether oxygens (including phenoxy) is 2. The molecule has 14 heavy (non-hydrogen) atoms. The van der Waals surface area contributed by atoms with Crippen LogP contribution in [0.2, 0.25) is 0 Å². The summed E-state index contributed by atoms with van der Waals surface area (Å²) in [6.07, 6.45) is -0.243. The van der Waals surface area contributed by atoms with Crippen LogP contribution < -0.4 is 5.32 Å². The zero-order valence-corrected chi connectivity index (χ0v) is 8.36. The topological polar surface area (TPSA) is 67.8 Å². The second-order valence-corrected chi connectivity index (χ2v) is 3.25. The zero-order chi connectivity index (χ0) is 10.4. The van der Waals surface area contributed by atoms with Gasteiger partial charge in [-0.1, -0.05) is 0 Å². The molecule has 0 saturated carbocycles. The molecule has 0 spiro atoms. The van der Waals surface area contributed by atoms with E-state index in [4.69, 9.17) is 4.74 Å². The van der Waals surface area contributed by atoms with E-state index in [-0.39, 0.29) is 6.61 Å². The third-order valence-electron chi connectivity index (χ3n) is 2.14. The van der Waals surface area contributed by atoms with Gasteiger partial charge >= 0.3 is 6.16 Å². The van der Waals surface area contributed by atoms with Gasteiger partial charge in [0.25, 0.3) is 0 Å². The van der Waals surface area contributed by atoms with Crippen LogP contribution in [0.3, 0.4) is 0 Å². The number of carbonyl (C=O) groups is 1. The summed E-state index contributed by atoms with van der Waals surface area (Å²) in [5, 5.41) is 12.7. The quantitative estimate of drug-likeness (QED) is 0.631. The molecular formula is C9H17NO4. The SMILES string of the molecule is CCOC(=O)O[C@@H]1CNCCC[C@H]1O. The second-order valence-electron chi connectivity index (χ2n) is 3.25. The van der Waals surface area contributed by atoms with Crippen LogP contribution in [0.4, 0.5) is 4.79 Å². The highest BCUT2D eigenvalue weighted by Gasteiger charge is 2.25. The van der Waals surface area contributed by atoms with E-state index >= 15 is 0 Å². The predicted molar refractivity (Wildman–Crippen MR) is 50.0 cm³/mol. The maximum absolute atomic E-state index is 11.0. The van der Waals surface area contributed by atoms with E-state index in [1.165, 1.54) is 0 Å². The fourth-order valence-corrected chi connectivity index (χ4v) is 1.40. The molecule has 2 N–H and O–H groups in total. The van der Waals surface area contributed by atoms with E-state index in [0.717, 1.165) is 13.0 Å². The van der Waals surface area contributed by atoms with Crippen molar-refractivity contribution >= 4 is 6.16 Å². The Balaban J connectivity index is 2.36. The molecule has 82 valence electrons. The van der Waals surface area contributed by atoms with Gasteiger partial charge in [-0.25, -0.2) is 4.79 Å². The Bertz CT molecular complexity index is 186. The highest BCUT2D eigenvalue weighted by Crippen LogP contribution is 2.09. The van der Waals surface area contributed by atoms with Crippen LogP contribution >= 0.6 is 0 Å². The maximum Gasteiger partial charge on any atom is 0.508 e. The lowest BCUT2D eigenvalue weighted by atomic mass is 10.1. The van der Waals surface area contributed by atoms with Crippen molar-refractivity contribution in [1.82, 2.24) is 5.32 Å². The van der Waals surface area contributed by atoms with Crippen molar-refractivity contribution in [2.45, 2.75) is 32.0 Å². The first-order valence-electron chi connectivity index (χ1n) is 4.96. The number of aliphatic hydroxyl groups is 1. The van der Waals surface area contributed by atoms with Gasteiger partial charge in [-0.05, 0) is 26.3 Å². The minimum absolute atomic E-state index is 0.287. The molecule has 5 heteroatoms. The smallest absolute Gasteiger partial charge is 0.435 e. The van der Waals surface area contributed by atoms with E-state index in [9.17, 15) is 9.90 Å². The third kappa shape index (κ3) is 3.51. The van der Waals surface area contributed by atoms with Crippen molar-refractivity contribution in [1.29, 1.82) is 0 Å². The summed E-state index contributed by atoms with van der Waals surface area (Å²) in [5.74, 6) is 0. The average molecular weight is 203 g/mol. The zero-order valence-electron chi connectivity index (χ0n) is 8.36. The van der Waals surface area contributed by atoms with E-state index in [2.05, 4.69) is 10.1 Å². The molecule has 0 amide bonds. The van der Waals surface area contributed by atoms with Gasteiger partial charge in [-0.15, -0.1) is 0 Å². The molecule has 1 fully saturated rings. The van der Waals surface area contributed by atoms with Crippen LogP contribution in [0.5, 0.6) is 0 Å². The first-order chi connectivity index (χ1) is 6.74. The summed E-state index contributed by atoms with van der Waals surface area (Å²) < 4.78 is 9.58. The summed E-state index contributed by atoms with van der Waals surface area (Å²) in [7, 11) is 0. The fraction of sp³-hybridized carbons (Fsp3) is 0.889. The Hall–Kier alpha value is -0.810. The molecule has 1 saturated heterocycles. The van der Waals surface area contributed by atoms with Gasteiger partial charge in [0.1, 0.15) is 6.10 Å². The Kier molecular flexibility index (Phi) is 4.69. The van der Waals surface area contributed by atoms with Crippen molar-refractivity contribution in [2.24, 2.45) is 0 Å². The summed E-state index contributed by atoms with van der Waals surface area (Å²) in [6, 6.07) is 0. The van der Waals surface area contributed by atoms with Gasteiger partial charge < -0.3 is 19.9 Å². The normalized spacial score (nSPS) is 27.9. The van der Waals surface area contributed by atoms with Crippen molar-refractivity contribution in [3.8, 4) is 0 Å². The van der Waals surface area contributed by atoms with Crippen LogP contribution in [0.25, 0.3) is 0 Å². The molecule has 1 heterocycles. The minimum atomic E-state index is -0.708. The number of rotatable bonds is 2. The highest BCUT2D eigenvalue weighted by molar-refractivity contribution is 5.60. The minimum Gasteiger partial charge on any atom is -0.435 e. The van der Waals surface area contributed by atoms with E-state index in [1.54, 1.807) is 6.92 Å². The molecule has 2 atom stereocenters. The molecule has 0 aliphatic carbocycles. The Morgan fingerprint density at radius 2 is 2.43 bits per heavy atom.